The molecule has 0 radical (unpaired) electrons. The van der Waals surface area contributed by atoms with Gasteiger partial charge < -0.3 is 9.84 Å². The van der Waals surface area contributed by atoms with E-state index in [9.17, 15) is 9.90 Å². The van der Waals surface area contributed by atoms with Crippen LogP contribution in [0.15, 0.2) is 24.4 Å². The Labute approximate surface area is 121 Å². The van der Waals surface area contributed by atoms with E-state index in [-0.39, 0.29) is 29.1 Å². The highest BCUT2D eigenvalue weighted by Gasteiger charge is 2.18. The Kier molecular flexibility index (Phi) is 4.24. The van der Waals surface area contributed by atoms with Crippen molar-refractivity contribution < 1.29 is 14.6 Å². The maximum atomic E-state index is 12.2. The number of aryl methyl sites for hydroxylation is 1. The zero-order chi connectivity index (χ0) is 14.7. The van der Waals surface area contributed by atoms with E-state index >= 15 is 0 Å². The van der Waals surface area contributed by atoms with Gasteiger partial charge in [0.2, 0.25) is 0 Å². The van der Waals surface area contributed by atoms with Crippen LogP contribution in [0.4, 0.5) is 5.13 Å². The molecular weight excluding hydrogens is 276 g/mol. The molecule has 1 aromatic carbocycles. The molecule has 0 spiro atoms. The molecule has 1 heterocycles. The van der Waals surface area contributed by atoms with Crippen LogP contribution in [0.5, 0.6) is 11.5 Å². The van der Waals surface area contributed by atoms with Gasteiger partial charge in [0.05, 0.1) is 11.7 Å². The normalized spacial score (nSPS) is 10.6. The van der Waals surface area contributed by atoms with Crippen molar-refractivity contribution in [1.29, 1.82) is 0 Å². The highest BCUT2D eigenvalue weighted by molar-refractivity contribution is 7.15. The first-order valence-corrected chi connectivity index (χ1v) is 7.01. The number of anilines is 1. The first kappa shape index (κ1) is 14.3. The fourth-order valence-corrected chi connectivity index (χ4v) is 2.30. The van der Waals surface area contributed by atoms with Gasteiger partial charge >= 0.3 is 0 Å². The summed E-state index contributed by atoms with van der Waals surface area (Å²) in [4.78, 5) is 17.3. The number of amides is 1. The lowest BCUT2D eigenvalue weighted by molar-refractivity contribution is 0.102. The summed E-state index contributed by atoms with van der Waals surface area (Å²) < 4.78 is 5.51. The fraction of sp³-hybridized carbons (Fsp3) is 0.286. The Bertz CT molecular complexity index is 623. The molecule has 5 nitrogen and oxygen atoms in total. The molecule has 2 N–H and O–H groups in total. The van der Waals surface area contributed by atoms with Crippen LogP contribution in [-0.4, -0.2) is 22.1 Å². The Morgan fingerprint density at radius 2 is 2.20 bits per heavy atom. The number of aromatic hydroxyl groups is 1. The number of thiazole rings is 1. The van der Waals surface area contributed by atoms with Gasteiger partial charge in [-0.1, -0.05) is 6.07 Å². The van der Waals surface area contributed by atoms with Gasteiger partial charge in [-0.05, 0) is 32.9 Å². The number of benzene rings is 1. The second kappa shape index (κ2) is 5.92. The number of hydrogen-bond donors (Lipinski definition) is 2. The largest absolute Gasteiger partial charge is 0.504 e. The summed E-state index contributed by atoms with van der Waals surface area (Å²) in [5, 5.41) is 13.1. The minimum atomic E-state index is -0.356. The molecule has 1 aromatic heterocycles. The lowest BCUT2D eigenvalue weighted by atomic mass is 10.1. The van der Waals surface area contributed by atoms with Crippen LogP contribution in [0, 0.1) is 6.92 Å². The summed E-state index contributed by atoms with van der Waals surface area (Å²) >= 11 is 1.39. The molecule has 20 heavy (non-hydrogen) atoms. The zero-order valence-corrected chi connectivity index (χ0v) is 12.3. The Morgan fingerprint density at radius 3 is 2.80 bits per heavy atom. The van der Waals surface area contributed by atoms with Gasteiger partial charge in [0.15, 0.2) is 16.6 Å². The molecule has 0 saturated heterocycles. The number of carbonyl (C=O) groups excluding carboxylic acids is 1. The average molecular weight is 292 g/mol. The highest BCUT2D eigenvalue weighted by Crippen LogP contribution is 2.31. The van der Waals surface area contributed by atoms with Gasteiger partial charge in [0.25, 0.3) is 5.91 Å². The minimum absolute atomic E-state index is 0.0540. The predicted molar refractivity (Wildman–Crippen MR) is 78.7 cm³/mol. The van der Waals surface area contributed by atoms with Crippen molar-refractivity contribution in [1.82, 2.24) is 4.98 Å². The van der Waals surface area contributed by atoms with Crippen LogP contribution in [0.2, 0.25) is 0 Å². The number of para-hydroxylation sites is 1. The first-order valence-electron chi connectivity index (χ1n) is 6.20. The van der Waals surface area contributed by atoms with Gasteiger partial charge in [0.1, 0.15) is 0 Å². The summed E-state index contributed by atoms with van der Waals surface area (Å²) in [7, 11) is 0. The maximum Gasteiger partial charge on any atom is 0.261 e. The number of nitrogens with zero attached hydrogens (tertiary/aromatic N) is 1. The zero-order valence-electron chi connectivity index (χ0n) is 11.5. The standard InChI is InChI=1S/C14H16N2O3S/c1-8(2)19-12-10(5-4-6-11(12)17)13(18)16-14-15-7-9(3)20-14/h4-8,17H,1-3H3,(H,15,16,18). The van der Waals surface area contributed by atoms with Crippen molar-refractivity contribution in [3.63, 3.8) is 0 Å². The molecule has 6 heteroatoms. The molecule has 0 saturated carbocycles. The van der Waals surface area contributed by atoms with Crippen molar-refractivity contribution >= 4 is 22.4 Å². The van der Waals surface area contributed by atoms with E-state index in [1.807, 2.05) is 20.8 Å². The van der Waals surface area contributed by atoms with Gasteiger partial charge in [-0.3, -0.25) is 10.1 Å². The molecular formula is C14H16N2O3S. The van der Waals surface area contributed by atoms with E-state index in [2.05, 4.69) is 10.3 Å². The van der Waals surface area contributed by atoms with Crippen LogP contribution in [0.1, 0.15) is 29.1 Å². The summed E-state index contributed by atoms with van der Waals surface area (Å²) in [6, 6.07) is 4.69. The van der Waals surface area contributed by atoms with E-state index in [0.29, 0.717) is 5.13 Å². The molecule has 0 aliphatic heterocycles. The smallest absolute Gasteiger partial charge is 0.261 e. The summed E-state index contributed by atoms with van der Waals surface area (Å²) in [6.45, 7) is 5.57. The molecule has 0 aliphatic carbocycles. The topological polar surface area (TPSA) is 71.5 Å². The SMILES string of the molecule is Cc1cnc(NC(=O)c2cccc(O)c2OC(C)C)s1. The maximum absolute atomic E-state index is 12.2. The lowest BCUT2D eigenvalue weighted by Crippen LogP contribution is -2.15. The van der Waals surface area contributed by atoms with E-state index in [0.717, 1.165) is 4.88 Å². The van der Waals surface area contributed by atoms with Crippen molar-refractivity contribution in [2.45, 2.75) is 26.9 Å². The molecule has 2 rings (SSSR count). The van der Waals surface area contributed by atoms with Crippen LogP contribution in [0.3, 0.4) is 0 Å². The van der Waals surface area contributed by atoms with Crippen LogP contribution in [-0.2, 0) is 0 Å². The summed E-state index contributed by atoms with van der Waals surface area (Å²) in [5.41, 5.74) is 0.284. The lowest BCUT2D eigenvalue weighted by Gasteiger charge is -2.14. The summed E-state index contributed by atoms with van der Waals surface area (Å²) in [5.74, 6) is -0.221. The number of phenols is 1. The van der Waals surface area contributed by atoms with Gasteiger partial charge in [-0.2, -0.15) is 0 Å². The second-order valence-electron chi connectivity index (χ2n) is 4.55. The van der Waals surface area contributed by atoms with E-state index in [1.165, 1.54) is 17.4 Å². The number of nitrogens with one attached hydrogen (secondary N) is 1. The Hall–Kier alpha value is -2.08. The predicted octanol–water partition coefficient (Wildman–Crippen LogP) is 3.20. The average Bonchev–Trinajstić information content (AvgIpc) is 2.76. The minimum Gasteiger partial charge on any atom is -0.504 e. The molecule has 0 atom stereocenters. The van der Waals surface area contributed by atoms with E-state index in [4.69, 9.17) is 4.74 Å². The number of rotatable bonds is 4. The van der Waals surface area contributed by atoms with Gasteiger partial charge in [-0.15, -0.1) is 11.3 Å². The van der Waals surface area contributed by atoms with Crippen molar-refractivity contribution in [3.05, 3.63) is 34.8 Å². The number of ether oxygens (including phenoxy) is 1. The highest BCUT2D eigenvalue weighted by atomic mass is 32.1. The third-order valence-corrected chi connectivity index (χ3v) is 3.26. The van der Waals surface area contributed by atoms with Crippen molar-refractivity contribution in [3.8, 4) is 11.5 Å². The van der Waals surface area contributed by atoms with Crippen LogP contribution < -0.4 is 10.1 Å². The molecule has 0 unspecified atom stereocenters. The van der Waals surface area contributed by atoms with E-state index in [1.54, 1.807) is 18.3 Å². The van der Waals surface area contributed by atoms with Gasteiger partial charge in [0, 0.05) is 11.1 Å². The van der Waals surface area contributed by atoms with E-state index < -0.39 is 0 Å². The first-order chi connectivity index (χ1) is 9.47. The number of hydrogen-bond acceptors (Lipinski definition) is 5. The molecule has 0 bridgehead atoms. The quantitative estimate of drug-likeness (QED) is 0.907. The van der Waals surface area contributed by atoms with Crippen LogP contribution in [0.25, 0.3) is 0 Å². The van der Waals surface area contributed by atoms with Gasteiger partial charge in [-0.25, -0.2) is 4.98 Å². The Balaban J connectivity index is 2.27. The summed E-state index contributed by atoms with van der Waals surface area (Å²) in [6.07, 6.45) is 1.55. The third-order valence-electron chi connectivity index (χ3n) is 2.43. The molecule has 0 aliphatic rings. The fourth-order valence-electron chi connectivity index (χ4n) is 1.64. The molecule has 0 fully saturated rings. The molecule has 1 amide bonds. The van der Waals surface area contributed by atoms with Crippen molar-refractivity contribution in [2.24, 2.45) is 0 Å². The third kappa shape index (κ3) is 3.27. The van der Waals surface area contributed by atoms with Crippen molar-refractivity contribution in [2.75, 3.05) is 5.32 Å². The second-order valence-corrected chi connectivity index (χ2v) is 5.79. The number of carbonyl (C=O) groups is 1. The number of aromatic nitrogens is 1. The molecule has 106 valence electrons. The Morgan fingerprint density at radius 1 is 1.45 bits per heavy atom. The monoisotopic (exact) mass is 292 g/mol. The molecule has 2 aromatic rings. The number of phenolic OH excluding ortho intramolecular Hbond substituents is 1. The van der Waals surface area contributed by atoms with Crippen LogP contribution >= 0.6 is 11.3 Å².